The molecule has 5 aromatic heterocycles. The van der Waals surface area contributed by atoms with Crippen molar-refractivity contribution in [1.29, 1.82) is 0 Å². The summed E-state index contributed by atoms with van der Waals surface area (Å²) in [5.74, 6) is 0. The average Bonchev–Trinajstić information content (AvgIpc) is 4.16. The lowest BCUT2D eigenvalue weighted by molar-refractivity contribution is 1.10. The van der Waals surface area contributed by atoms with Gasteiger partial charge in [0.25, 0.3) is 0 Å². The Bertz CT molecular complexity index is 4200. The zero-order chi connectivity index (χ0) is 42.3. The Morgan fingerprint density at radius 1 is 0.231 bits per heavy atom. The SMILES string of the molecule is c1ccc2c(c1)c1ccccc1n2-c1cc(-n2c3ccccc3c3ccccc32)cc(-n2c3ccccc3c3c4sc5ccc(-n6c7ccccc7c7ccccc76)cc5c4ccc32)c1. The Hall–Kier alpha value is -8.38. The fourth-order valence-electron chi connectivity index (χ4n) is 11.3. The van der Waals surface area contributed by atoms with Crippen molar-refractivity contribution in [1.82, 2.24) is 18.3 Å². The Kier molecular flexibility index (Phi) is 7.07. The molecule has 0 atom stereocenters. The number of aromatic nitrogens is 4. The lowest BCUT2D eigenvalue weighted by atomic mass is 10.1. The summed E-state index contributed by atoms with van der Waals surface area (Å²) in [7, 11) is 0. The molecule has 0 bridgehead atoms. The second-order valence-corrected chi connectivity index (χ2v) is 18.3. The molecule has 0 aliphatic rings. The highest BCUT2D eigenvalue weighted by Gasteiger charge is 2.22. The Morgan fingerprint density at radius 2 is 0.569 bits per heavy atom. The predicted molar refractivity (Wildman–Crippen MR) is 277 cm³/mol. The number of hydrogen-bond donors (Lipinski definition) is 0. The van der Waals surface area contributed by atoms with Crippen LogP contribution in [0.5, 0.6) is 0 Å². The van der Waals surface area contributed by atoms with Crippen LogP contribution in [0.4, 0.5) is 0 Å². The summed E-state index contributed by atoms with van der Waals surface area (Å²) in [5, 5.41) is 12.6. The molecular formula is C60H36N4S. The van der Waals surface area contributed by atoms with E-state index in [0.29, 0.717) is 0 Å². The van der Waals surface area contributed by atoms with Gasteiger partial charge in [0, 0.05) is 68.9 Å². The van der Waals surface area contributed by atoms with E-state index in [9.17, 15) is 0 Å². The molecule has 0 spiro atoms. The van der Waals surface area contributed by atoms with E-state index >= 15 is 0 Å². The first-order chi connectivity index (χ1) is 32.3. The number of benzene rings is 10. The highest BCUT2D eigenvalue weighted by Crippen LogP contribution is 2.45. The summed E-state index contributed by atoms with van der Waals surface area (Å²) in [4.78, 5) is 0. The minimum Gasteiger partial charge on any atom is -0.309 e. The van der Waals surface area contributed by atoms with Gasteiger partial charge >= 0.3 is 0 Å². The van der Waals surface area contributed by atoms with Crippen molar-refractivity contribution in [3.63, 3.8) is 0 Å². The van der Waals surface area contributed by atoms with Crippen molar-refractivity contribution < 1.29 is 0 Å². The largest absolute Gasteiger partial charge is 0.309 e. The molecule has 0 saturated heterocycles. The third-order valence-electron chi connectivity index (χ3n) is 13.9. The molecule has 0 fully saturated rings. The summed E-state index contributed by atoms with van der Waals surface area (Å²) in [6.07, 6.45) is 0. The molecule has 15 aromatic rings. The van der Waals surface area contributed by atoms with E-state index in [1.165, 1.54) is 113 Å². The molecule has 5 heterocycles. The van der Waals surface area contributed by atoms with Gasteiger partial charge in [0.1, 0.15) is 0 Å². The maximum atomic E-state index is 2.51. The van der Waals surface area contributed by atoms with Crippen molar-refractivity contribution in [2.45, 2.75) is 0 Å². The summed E-state index contributed by atoms with van der Waals surface area (Å²) in [6, 6.07) is 80.7. The van der Waals surface area contributed by atoms with Crippen molar-refractivity contribution in [3.05, 3.63) is 218 Å². The number of para-hydroxylation sites is 7. The molecular weight excluding hydrogens is 809 g/mol. The smallest absolute Gasteiger partial charge is 0.0555 e. The summed E-state index contributed by atoms with van der Waals surface area (Å²) in [5.41, 5.74) is 14.1. The van der Waals surface area contributed by atoms with Gasteiger partial charge in [-0.3, -0.25) is 0 Å². The molecule has 5 heteroatoms. The van der Waals surface area contributed by atoms with Gasteiger partial charge in [0.05, 0.1) is 61.2 Å². The summed E-state index contributed by atoms with van der Waals surface area (Å²) >= 11 is 1.90. The normalized spacial score (nSPS) is 12.3. The van der Waals surface area contributed by atoms with E-state index in [2.05, 4.69) is 237 Å². The van der Waals surface area contributed by atoms with Crippen LogP contribution >= 0.6 is 11.3 Å². The third kappa shape index (κ3) is 4.79. The maximum absolute atomic E-state index is 2.51. The molecule has 0 aliphatic heterocycles. The van der Waals surface area contributed by atoms with Crippen LogP contribution in [0.2, 0.25) is 0 Å². The highest BCUT2D eigenvalue weighted by molar-refractivity contribution is 7.26. The maximum Gasteiger partial charge on any atom is 0.0555 e. The molecule has 0 unspecified atom stereocenters. The molecule has 65 heavy (non-hydrogen) atoms. The second-order valence-electron chi connectivity index (χ2n) is 17.3. The number of thiophene rings is 1. The third-order valence-corrected chi connectivity index (χ3v) is 15.1. The monoisotopic (exact) mass is 844 g/mol. The topological polar surface area (TPSA) is 19.7 Å². The molecule has 0 saturated carbocycles. The van der Waals surface area contributed by atoms with E-state index in [0.717, 1.165) is 17.1 Å². The first kappa shape index (κ1) is 35.1. The summed E-state index contributed by atoms with van der Waals surface area (Å²) in [6.45, 7) is 0. The van der Waals surface area contributed by atoms with Crippen LogP contribution in [0.3, 0.4) is 0 Å². The molecule has 0 amide bonds. The average molecular weight is 845 g/mol. The Labute approximate surface area is 376 Å². The zero-order valence-electron chi connectivity index (χ0n) is 35.0. The Balaban J connectivity index is 1.02. The zero-order valence-corrected chi connectivity index (χ0v) is 35.8. The first-order valence-electron chi connectivity index (χ1n) is 22.3. The van der Waals surface area contributed by atoms with Gasteiger partial charge in [-0.1, -0.05) is 133 Å². The van der Waals surface area contributed by atoms with Crippen LogP contribution in [0, 0.1) is 0 Å². The second kappa shape index (κ2) is 13.1. The van der Waals surface area contributed by atoms with Gasteiger partial charge in [-0.2, -0.15) is 0 Å². The van der Waals surface area contributed by atoms with Crippen molar-refractivity contribution in [2.24, 2.45) is 0 Å². The number of rotatable bonds is 4. The van der Waals surface area contributed by atoms with E-state index in [1.54, 1.807) is 0 Å². The molecule has 0 aliphatic carbocycles. The van der Waals surface area contributed by atoms with E-state index in [4.69, 9.17) is 0 Å². The minimum atomic E-state index is 1.11. The van der Waals surface area contributed by atoms with Gasteiger partial charge in [0.2, 0.25) is 0 Å². The Morgan fingerprint density at radius 3 is 0.985 bits per heavy atom. The molecule has 0 radical (unpaired) electrons. The molecule has 302 valence electrons. The van der Waals surface area contributed by atoms with Crippen LogP contribution < -0.4 is 0 Å². The lowest BCUT2D eigenvalue weighted by Crippen LogP contribution is -2.03. The summed E-state index contributed by atoms with van der Waals surface area (Å²) < 4.78 is 12.4. The van der Waals surface area contributed by atoms with Crippen LogP contribution in [0.25, 0.3) is 130 Å². The van der Waals surface area contributed by atoms with Crippen LogP contribution in [0.15, 0.2) is 218 Å². The lowest BCUT2D eigenvalue weighted by Gasteiger charge is -2.17. The fraction of sp³-hybridized carbons (Fsp3) is 0. The van der Waals surface area contributed by atoms with Gasteiger partial charge in [-0.25, -0.2) is 0 Å². The molecule has 4 nitrogen and oxygen atoms in total. The quantitative estimate of drug-likeness (QED) is 0.168. The predicted octanol–water partition coefficient (Wildman–Crippen LogP) is 16.4. The molecule has 0 N–H and O–H groups in total. The highest BCUT2D eigenvalue weighted by atomic mass is 32.1. The number of hydrogen-bond acceptors (Lipinski definition) is 1. The molecule has 10 aromatic carbocycles. The van der Waals surface area contributed by atoms with Gasteiger partial charge < -0.3 is 18.3 Å². The van der Waals surface area contributed by atoms with Crippen LogP contribution in [0.1, 0.15) is 0 Å². The van der Waals surface area contributed by atoms with Crippen molar-refractivity contribution in [2.75, 3.05) is 0 Å². The van der Waals surface area contributed by atoms with E-state index < -0.39 is 0 Å². The van der Waals surface area contributed by atoms with E-state index in [-0.39, 0.29) is 0 Å². The van der Waals surface area contributed by atoms with Gasteiger partial charge in [-0.15, -0.1) is 11.3 Å². The molecule has 15 rings (SSSR count). The van der Waals surface area contributed by atoms with Crippen molar-refractivity contribution in [3.8, 4) is 22.7 Å². The van der Waals surface area contributed by atoms with Gasteiger partial charge in [0.15, 0.2) is 0 Å². The van der Waals surface area contributed by atoms with Gasteiger partial charge in [-0.05, 0) is 84.9 Å². The van der Waals surface area contributed by atoms with Crippen molar-refractivity contribution >= 4 is 119 Å². The number of fused-ring (bicyclic) bond motifs is 16. The van der Waals surface area contributed by atoms with Crippen LogP contribution in [-0.2, 0) is 0 Å². The first-order valence-corrected chi connectivity index (χ1v) is 23.1. The standard InChI is InChI=1S/C60H36N4S/c1-8-22-50-41(15-1)42-16-2-9-23-51(42)61(50)37-29-32-58-49(36-37)47-30-31-57-59(60(47)65-58)48-21-7-14-28-56(48)64(57)40-34-38(62-52-24-10-3-17-43(52)44-18-4-11-25-53(44)62)33-39(35-40)63-54-26-12-5-19-45(54)46-20-6-13-27-55(46)63/h1-36H. The fourth-order valence-corrected chi connectivity index (χ4v) is 12.5. The van der Waals surface area contributed by atoms with Crippen LogP contribution in [-0.4, -0.2) is 18.3 Å². The van der Waals surface area contributed by atoms with E-state index in [1.807, 2.05) is 11.3 Å². The minimum absolute atomic E-state index is 1.11. The number of nitrogens with zero attached hydrogens (tertiary/aromatic N) is 4.